The van der Waals surface area contributed by atoms with E-state index in [0.717, 1.165) is 0 Å². The standard InChI is InChI=1S/C9H20N.C7H16N.CH3.In/c1-4-7-10(8-5-2)9-6-3;1-4-7-8(5-2)6-3;;/h1,4-9H2,2-3H3;1,4-7H2,2-3H3;1H3;. The molecule has 3 heteroatoms. The summed E-state index contributed by atoms with van der Waals surface area (Å²) in [5.41, 5.74) is 0. The summed E-state index contributed by atoms with van der Waals surface area (Å²) >= 11 is -1.12. The van der Waals surface area contributed by atoms with Gasteiger partial charge >= 0.3 is 137 Å². The summed E-state index contributed by atoms with van der Waals surface area (Å²) in [6.45, 7) is 16.9. The Kier molecular flexibility index (Phi) is 15.3. The molecule has 0 bridgehead atoms. The minimum atomic E-state index is -1.12. The van der Waals surface area contributed by atoms with E-state index in [1.165, 1.54) is 65.0 Å². The molecule has 0 atom stereocenters. The predicted molar refractivity (Wildman–Crippen MR) is 95.3 cm³/mol. The van der Waals surface area contributed by atoms with E-state index in [1.807, 2.05) is 0 Å². The Bertz CT molecular complexity index is 189. The van der Waals surface area contributed by atoms with Crippen LogP contribution in [-0.2, 0) is 0 Å². The van der Waals surface area contributed by atoms with E-state index in [0.29, 0.717) is 0 Å². The zero-order valence-corrected chi connectivity index (χ0v) is 18.3. The maximum absolute atomic E-state index is 2.68. The van der Waals surface area contributed by atoms with Crippen LogP contribution in [-0.4, -0.2) is 70.5 Å². The molecule has 0 aromatic rings. The Morgan fingerprint density at radius 2 is 1.10 bits per heavy atom. The van der Waals surface area contributed by atoms with Gasteiger partial charge in [-0.3, -0.25) is 0 Å². The Balaban J connectivity index is 3.63. The summed E-state index contributed by atoms with van der Waals surface area (Å²) in [4.78, 5) is 5.25. The van der Waals surface area contributed by atoms with Crippen molar-refractivity contribution in [2.75, 3.05) is 39.3 Å². The zero-order valence-electron chi connectivity index (χ0n) is 15.0. The fourth-order valence-corrected chi connectivity index (χ4v) is 8.82. The van der Waals surface area contributed by atoms with Crippen molar-refractivity contribution >= 4 is 21.4 Å². The van der Waals surface area contributed by atoms with Crippen molar-refractivity contribution in [3.63, 3.8) is 0 Å². The van der Waals surface area contributed by atoms with Crippen LogP contribution in [0.2, 0.25) is 13.0 Å². The van der Waals surface area contributed by atoms with Gasteiger partial charge in [-0.25, -0.2) is 0 Å². The van der Waals surface area contributed by atoms with Crippen molar-refractivity contribution in [3.8, 4) is 0 Å². The Morgan fingerprint density at radius 1 is 0.650 bits per heavy atom. The van der Waals surface area contributed by atoms with Crippen molar-refractivity contribution in [3.05, 3.63) is 0 Å². The first-order valence-electron chi connectivity index (χ1n) is 9.12. The van der Waals surface area contributed by atoms with Gasteiger partial charge in [0.05, 0.1) is 0 Å². The first-order chi connectivity index (χ1) is 9.67. The van der Waals surface area contributed by atoms with Gasteiger partial charge in [0.25, 0.3) is 0 Å². The van der Waals surface area contributed by atoms with Gasteiger partial charge in [-0.2, -0.15) is 0 Å². The van der Waals surface area contributed by atoms with Gasteiger partial charge in [-0.1, -0.05) is 0 Å². The maximum atomic E-state index is 2.68. The molecule has 0 aliphatic carbocycles. The van der Waals surface area contributed by atoms with Crippen molar-refractivity contribution in [1.29, 1.82) is 0 Å². The SMILES string of the molecule is CCCN(CCC)CC[CH2][In]([CH3])[CH2]CCN(CC)CC. The third kappa shape index (κ3) is 11.4. The minimum absolute atomic E-state index is 1.12. The molecule has 0 aliphatic rings. The third-order valence-corrected chi connectivity index (χ3v) is 12.3. The fourth-order valence-electron chi connectivity index (χ4n) is 2.98. The van der Waals surface area contributed by atoms with Crippen LogP contribution in [0.5, 0.6) is 0 Å². The molecule has 0 aliphatic heterocycles. The summed E-state index contributed by atoms with van der Waals surface area (Å²) in [5.74, 6) is 0. The molecule has 0 heterocycles. The molecule has 0 amide bonds. The quantitative estimate of drug-likeness (QED) is 0.438. The van der Waals surface area contributed by atoms with Gasteiger partial charge in [0.2, 0.25) is 0 Å². The van der Waals surface area contributed by atoms with Crippen LogP contribution in [0, 0.1) is 0 Å². The van der Waals surface area contributed by atoms with Gasteiger partial charge in [0.15, 0.2) is 0 Å². The van der Waals surface area contributed by atoms with Crippen molar-refractivity contribution in [1.82, 2.24) is 9.80 Å². The average molecular weight is 386 g/mol. The Hall–Kier alpha value is 0.790. The van der Waals surface area contributed by atoms with Crippen molar-refractivity contribution < 1.29 is 0 Å². The molecule has 0 radical (unpaired) electrons. The van der Waals surface area contributed by atoms with Crippen LogP contribution in [0.25, 0.3) is 0 Å². The van der Waals surface area contributed by atoms with Crippen LogP contribution in [0.15, 0.2) is 0 Å². The molecule has 2 nitrogen and oxygen atoms in total. The molecular weight excluding hydrogens is 347 g/mol. The van der Waals surface area contributed by atoms with E-state index in [9.17, 15) is 0 Å². The van der Waals surface area contributed by atoms with Gasteiger partial charge < -0.3 is 0 Å². The molecule has 120 valence electrons. The molecule has 0 unspecified atom stereocenters. The summed E-state index contributed by atoms with van der Waals surface area (Å²) in [7, 11) is 0. The average Bonchev–Trinajstić information content (AvgIpc) is 2.44. The van der Waals surface area contributed by atoms with Crippen molar-refractivity contribution in [2.45, 2.75) is 66.4 Å². The number of hydrogen-bond acceptors (Lipinski definition) is 2. The molecule has 0 saturated carbocycles. The van der Waals surface area contributed by atoms with Gasteiger partial charge in [0, 0.05) is 0 Å². The van der Waals surface area contributed by atoms with Crippen LogP contribution in [0.4, 0.5) is 0 Å². The molecule has 20 heavy (non-hydrogen) atoms. The zero-order chi connectivity index (χ0) is 15.2. The molecule has 0 rings (SSSR count). The second kappa shape index (κ2) is 14.7. The van der Waals surface area contributed by atoms with Crippen LogP contribution in [0.1, 0.15) is 53.4 Å². The molecule has 0 saturated heterocycles. The summed E-state index contributed by atoms with van der Waals surface area (Å²) in [6.07, 6.45) is 5.56. The van der Waals surface area contributed by atoms with Crippen molar-refractivity contribution in [2.24, 2.45) is 0 Å². The fraction of sp³-hybridized carbons (Fsp3) is 1.00. The first-order valence-corrected chi connectivity index (χ1v) is 17.1. The van der Waals surface area contributed by atoms with E-state index in [2.05, 4.69) is 42.2 Å². The second-order valence-corrected chi connectivity index (χ2v) is 15.9. The number of hydrogen-bond donors (Lipinski definition) is 0. The van der Waals surface area contributed by atoms with Gasteiger partial charge in [0.1, 0.15) is 0 Å². The summed E-state index contributed by atoms with van der Waals surface area (Å²) in [5, 5.41) is 0. The predicted octanol–water partition coefficient (Wildman–Crippen LogP) is 4.36. The van der Waals surface area contributed by atoms with Gasteiger partial charge in [-0.15, -0.1) is 0 Å². The van der Waals surface area contributed by atoms with E-state index in [1.54, 1.807) is 8.35 Å². The van der Waals surface area contributed by atoms with Crippen LogP contribution in [0.3, 0.4) is 0 Å². The topological polar surface area (TPSA) is 6.48 Å². The Morgan fingerprint density at radius 3 is 1.50 bits per heavy atom. The summed E-state index contributed by atoms with van der Waals surface area (Å²) < 4.78 is 5.87. The summed E-state index contributed by atoms with van der Waals surface area (Å²) in [6, 6.07) is 0. The molecule has 0 aromatic carbocycles. The van der Waals surface area contributed by atoms with Crippen LogP contribution < -0.4 is 0 Å². The first kappa shape index (κ1) is 20.8. The molecular formula is C17H39InN2. The van der Waals surface area contributed by atoms with E-state index >= 15 is 0 Å². The third-order valence-electron chi connectivity index (χ3n) is 4.32. The number of rotatable bonds is 14. The van der Waals surface area contributed by atoms with E-state index in [4.69, 9.17) is 0 Å². The molecule has 0 fully saturated rings. The molecule has 0 N–H and O–H groups in total. The van der Waals surface area contributed by atoms with E-state index < -0.39 is 21.4 Å². The van der Waals surface area contributed by atoms with Gasteiger partial charge in [-0.05, 0) is 0 Å². The normalized spacial score (nSPS) is 11.6. The monoisotopic (exact) mass is 386 g/mol. The Labute approximate surface area is 136 Å². The molecule has 0 spiro atoms. The second-order valence-electron chi connectivity index (χ2n) is 6.26. The molecule has 0 aromatic heterocycles. The number of nitrogens with zero attached hydrogens (tertiary/aromatic N) is 2. The van der Waals surface area contributed by atoms with Crippen LogP contribution >= 0.6 is 0 Å². The van der Waals surface area contributed by atoms with E-state index in [-0.39, 0.29) is 0 Å².